The van der Waals surface area contributed by atoms with E-state index in [1.165, 1.54) is 11.3 Å². The van der Waals surface area contributed by atoms with E-state index in [2.05, 4.69) is 21.7 Å². The van der Waals surface area contributed by atoms with Crippen LogP contribution in [0.3, 0.4) is 0 Å². The van der Waals surface area contributed by atoms with Gasteiger partial charge in [0.1, 0.15) is 0 Å². The van der Waals surface area contributed by atoms with Gasteiger partial charge < -0.3 is 14.5 Å². The van der Waals surface area contributed by atoms with Crippen LogP contribution in [0.4, 0.5) is 5.13 Å². The molecule has 0 unspecified atom stereocenters. The normalized spacial score (nSPS) is 16.9. The molecule has 0 spiro atoms. The zero-order valence-corrected chi connectivity index (χ0v) is 12.6. The number of carbonyl (C=O) groups is 1. The molecule has 1 aromatic rings. The number of rotatable bonds is 5. The van der Waals surface area contributed by atoms with E-state index >= 15 is 0 Å². The number of carbonyl (C=O) groups excluding carboxylic acids is 1. The van der Waals surface area contributed by atoms with Crippen molar-refractivity contribution in [1.29, 1.82) is 0 Å². The molecule has 1 aliphatic rings. The number of hydrogen-bond donors (Lipinski definition) is 0. The number of nitrogens with zero attached hydrogens (tertiary/aromatic N) is 3. The number of hydrogen-bond acceptors (Lipinski definition) is 6. The van der Waals surface area contributed by atoms with Crippen LogP contribution in [0.2, 0.25) is 0 Å². The maximum Gasteiger partial charge on any atom is 0.186 e. The minimum absolute atomic E-state index is 0.0722. The van der Waals surface area contributed by atoms with Crippen LogP contribution in [-0.4, -0.2) is 55.5 Å². The van der Waals surface area contributed by atoms with E-state index in [-0.39, 0.29) is 5.78 Å². The van der Waals surface area contributed by atoms with Gasteiger partial charge in [-0.05, 0) is 6.54 Å². The van der Waals surface area contributed by atoms with Gasteiger partial charge in [-0.3, -0.25) is 4.79 Å². The SMILES string of the molecule is CCN1CCN(c2nc(COC)c(C(C)=O)s2)CC1. The van der Waals surface area contributed by atoms with Crippen molar-refractivity contribution in [2.45, 2.75) is 20.5 Å². The number of methoxy groups -OCH3 is 1. The van der Waals surface area contributed by atoms with Crippen LogP contribution < -0.4 is 4.90 Å². The Labute approximate surface area is 118 Å². The number of thiazole rings is 1. The van der Waals surface area contributed by atoms with Crippen LogP contribution in [0.25, 0.3) is 0 Å². The summed E-state index contributed by atoms with van der Waals surface area (Å²) in [5.74, 6) is 0.0722. The van der Waals surface area contributed by atoms with E-state index in [1.54, 1.807) is 14.0 Å². The van der Waals surface area contributed by atoms with E-state index in [9.17, 15) is 4.79 Å². The third kappa shape index (κ3) is 3.32. The summed E-state index contributed by atoms with van der Waals surface area (Å²) in [6.07, 6.45) is 0. The predicted octanol–water partition coefficient (Wildman–Crippen LogP) is 1.63. The summed E-state index contributed by atoms with van der Waals surface area (Å²) in [5.41, 5.74) is 0.771. The maximum atomic E-state index is 11.6. The van der Waals surface area contributed by atoms with Gasteiger partial charge in [0.15, 0.2) is 10.9 Å². The Kier molecular flexibility index (Phi) is 4.90. The van der Waals surface area contributed by atoms with Crippen LogP contribution in [0.1, 0.15) is 29.2 Å². The van der Waals surface area contributed by atoms with Crippen molar-refractivity contribution in [3.05, 3.63) is 10.6 Å². The summed E-state index contributed by atoms with van der Waals surface area (Å²) in [6.45, 7) is 9.35. The number of likely N-dealkylation sites (N-methyl/N-ethyl adjacent to an activating group) is 1. The Morgan fingerprint density at radius 1 is 1.37 bits per heavy atom. The Morgan fingerprint density at radius 2 is 2.05 bits per heavy atom. The topological polar surface area (TPSA) is 45.7 Å². The summed E-state index contributed by atoms with van der Waals surface area (Å²) in [6, 6.07) is 0. The van der Waals surface area contributed by atoms with Gasteiger partial charge in [0, 0.05) is 40.2 Å². The summed E-state index contributed by atoms with van der Waals surface area (Å²) in [4.78, 5) is 21.6. The van der Waals surface area contributed by atoms with E-state index < -0.39 is 0 Å². The van der Waals surface area contributed by atoms with Crippen molar-refractivity contribution in [3.63, 3.8) is 0 Å². The third-order valence-corrected chi connectivity index (χ3v) is 4.64. The zero-order valence-electron chi connectivity index (χ0n) is 11.8. The van der Waals surface area contributed by atoms with Crippen molar-refractivity contribution in [2.24, 2.45) is 0 Å². The second-order valence-electron chi connectivity index (χ2n) is 4.68. The van der Waals surface area contributed by atoms with Crippen LogP contribution in [-0.2, 0) is 11.3 Å². The van der Waals surface area contributed by atoms with Gasteiger partial charge in [-0.15, -0.1) is 0 Å². The second-order valence-corrected chi connectivity index (χ2v) is 5.66. The number of ether oxygens (including phenoxy) is 1. The smallest absolute Gasteiger partial charge is 0.186 e. The van der Waals surface area contributed by atoms with Gasteiger partial charge >= 0.3 is 0 Å². The first-order valence-corrected chi connectivity index (χ1v) is 7.44. The van der Waals surface area contributed by atoms with Gasteiger partial charge in [0.25, 0.3) is 0 Å². The van der Waals surface area contributed by atoms with E-state index in [0.717, 1.165) is 48.4 Å². The summed E-state index contributed by atoms with van der Waals surface area (Å²) in [5, 5.41) is 0.952. The molecule has 1 fully saturated rings. The molecule has 1 aromatic heterocycles. The van der Waals surface area contributed by atoms with Gasteiger partial charge in [0.05, 0.1) is 17.2 Å². The van der Waals surface area contributed by atoms with Crippen LogP contribution >= 0.6 is 11.3 Å². The van der Waals surface area contributed by atoms with Gasteiger partial charge in [-0.2, -0.15) is 0 Å². The number of aromatic nitrogens is 1. The Hall–Kier alpha value is -0.980. The average molecular weight is 283 g/mol. The summed E-state index contributed by atoms with van der Waals surface area (Å²) in [7, 11) is 1.63. The fourth-order valence-electron chi connectivity index (χ4n) is 2.24. The number of piperazine rings is 1. The molecule has 0 radical (unpaired) electrons. The molecule has 0 amide bonds. The molecular weight excluding hydrogens is 262 g/mol. The molecule has 2 heterocycles. The first-order chi connectivity index (χ1) is 9.15. The minimum atomic E-state index is 0.0722. The van der Waals surface area contributed by atoms with Crippen molar-refractivity contribution in [2.75, 3.05) is 44.7 Å². The predicted molar refractivity (Wildman–Crippen MR) is 77.2 cm³/mol. The molecule has 19 heavy (non-hydrogen) atoms. The van der Waals surface area contributed by atoms with Crippen molar-refractivity contribution >= 4 is 22.3 Å². The van der Waals surface area contributed by atoms with Crippen molar-refractivity contribution < 1.29 is 9.53 Å². The lowest BCUT2D eigenvalue weighted by molar-refractivity contribution is 0.101. The van der Waals surface area contributed by atoms with E-state index in [0.29, 0.717) is 6.61 Å². The van der Waals surface area contributed by atoms with Crippen molar-refractivity contribution in [1.82, 2.24) is 9.88 Å². The van der Waals surface area contributed by atoms with Crippen LogP contribution in [0.15, 0.2) is 0 Å². The van der Waals surface area contributed by atoms with Crippen LogP contribution in [0, 0.1) is 0 Å². The lowest BCUT2D eigenvalue weighted by Crippen LogP contribution is -2.46. The Morgan fingerprint density at radius 3 is 2.58 bits per heavy atom. The van der Waals surface area contributed by atoms with E-state index in [4.69, 9.17) is 4.74 Å². The fraction of sp³-hybridized carbons (Fsp3) is 0.692. The molecule has 0 saturated carbocycles. The molecule has 0 atom stereocenters. The maximum absolute atomic E-state index is 11.6. The molecule has 106 valence electrons. The zero-order chi connectivity index (χ0) is 13.8. The lowest BCUT2D eigenvalue weighted by Gasteiger charge is -2.33. The number of ketones is 1. The summed E-state index contributed by atoms with van der Waals surface area (Å²) < 4.78 is 5.12. The number of anilines is 1. The van der Waals surface area contributed by atoms with Gasteiger partial charge in [-0.25, -0.2) is 4.98 Å². The summed E-state index contributed by atoms with van der Waals surface area (Å²) >= 11 is 1.49. The molecule has 1 saturated heterocycles. The third-order valence-electron chi connectivity index (χ3n) is 3.38. The molecule has 0 N–H and O–H groups in total. The van der Waals surface area contributed by atoms with Crippen LogP contribution in [0.5, 0.6) is 0 Å². The Bertz CT molecular complexity index is 439. The standard InChI is InChI=1S/C13H21N3O2S/c1-4-15-5-7-16(8-6-15)13-14-11(9-18-3)12(19-13)10(2)17/h4-9H2,1-3H3. The molecule has 2 rings (SSSR count). The lowest BCUT2D eigenvalue weighted by atomic mass is 10.3. The molecule has 0 aliphatic carbocycles. The number of Topliss-reactive ketones (excluding diaryl/α,β-unsaturated/α-hetero) is 1. The van der Waals surface area contributed by atoms with E-state index in [1.807, 2.05) is 0 Å². The quantitative estimate of drug-likeness (QED) is 0.769. The average Bonchev–Trinajstić information content (AvgIpc) is 2.83. The highest BCUT2D eigenvalue weighted by atomic mass is 32.1. The highest BCUT2D eigenvalue weighted by Gasteiger charge is 2.22. The fourth-order valence-corrected chi connectivity index (χ4v) is 3.26. The second kappa shape index (κ2) is 6.45. The molecule has 1 aliphatic heterocycles. The first kappa shape index (κ1) is 14.4. The molecule has 0 bridgehead atoms. The van der Waals surface area contributed by atoms with Gasteiger partial charge in [0.2, 0.25) is 0 Å². The highest BCUT2D eigenvalue weighted by molar-refractivity contribution is 7.17. The minimum Gasteiger partial charge on any atom is -0.378 e. The molecule has 0 aromatic carbocycles. The van der Waals surface area contributed by atoms with Crippen molar-refractivity contribution in [3.8, 4) is 0 Å². The molecule has 6 heteroatoms. The van der Waals surface area contributed by atoms with Gasteiger partial charge in [-0.1, -0.05) is 18.3 Å². The molecular formula is C13H21N3O2S. The largest absolute Gasteiger partial charge is 0.378 e. The highest BCUT2D eigenvalue weighted by Crippen LogP contribution is 2.28. The molecule has 5 nitrogen and oxygen atoms in total. The first-order valence-electron chi connectivity index (χ1n) is 6.62. The monoisotopic (exact) mass is 283 g/mol. The Balaban J connectivity index is 2.12.